The second-order valence-electron chi connectivity index (χ2n) is 6.39. The minimum absolute atomic E-state index is 0.113. The molecule has 28 heavy (non-hydrogen) atoms. The first-order valence-corrected chi connectivity index (χ1v) is 9.50. The molecule has 2 aromatic rings. The number of benzene rings is 2. The fourth-order valence-corrected chi connectivity index (χ4v) is 3.08. The Morgan fingerprint density at radius 1 is 1.11 bits per heavy atom. The van der Waals surface area contributed by atoms with Gasteiger partial charge >= 0.3 is 0 Å². The number of carbonyl (C=O) groups is 2. The molecule has 2 amide bonds. The third kappa shape index (κ3) is 6.55. The molecule has 0 spiro atoms. The number of likely N-dealkylation sites (N-methyl/N-ethyl adjacent to an activating group) is 1. The van der Waals surface area contributed by atoms with Crippen molar-refractivity contribution in [2.24, 2.45) is 0 Å². The van der Waals surface area contributed by atoms with Gasteiger partial charge in [-0.05, 0) is 37.2 Å². The van der Waals surface area contributed by atoms with E-state index in [4.69, 9.17) is 16.3 Å². The minimum atomic E-state index is -0.217. The van der Waals surface area contributed by atoms with E-state index in [1.165, 1.54) is 0 Å². The number of hydrogen-bond acceptors (Lipinski definition) is 4. The maximum Gasteiger partial charge on any atom is 0.238 e. The third-order valence-corrected chi connectivity index (χ3v) is 4.63. The zero-order valence-corrected chi connectivity index (χ0v) is 17.1. The van der Waals surface area contributed by atoms with Gasteiger partial charge in [-0.3, -0.25) is 14.5 Å². The summed E-state index contributed by atoms with van der Waals surface area (Å²) in [7, 11) is 1.57. The number of hydrogen-bond donors (Lipinski definition) is 2. The van der Waals surface area contributed by atoms with E-state index in [0.717, 1.165) is 5.56 Å². The molecule has 2 N–H and O–H groups in total. The molecule has 6 nitrogen and oxygen atoms in total. The molecule has 0 aliphatic heterocycles. The monoisotopic (exact) mass is 403 g/mol. The number of ether oxygens (including phenoxy) is 1. The highest BCUT2D eigenvalue weighted by Crippen LogP contribution is 2.22. The van der Waals surface area contributed by atoms with Crippen LogP contribution in [0.2, 0.25) is 5.02 Å². The molecular formula is C21H26ClN3O3. The molecule has 0 aliphatic rings. The van der Waals surface area contributed by atoms with Crippen LogP contribution in [0.15, 0.2) is 48.5 Å². The zero-order valence-electron chi connectivity index (χ0n) is 16.4. The van der Waals surface area contributed by atoms with Crippen molar-refractivity contribution in [1.29, 1.82) is 0 Å². The zero-order chi connectivity index (χ0) is 20.5. The molecule has 0 bridgehead atoms. The molecule has 0 aromatic heterocycles. The first-order chi connectivity index (χ1) is 13.4. The second-order valence-corrected chi connectivity index (χ2v) is 6.80. The average Bonchev–Trinajstić information content (AvgIpc) is 2.67. The molecule has 0 heterocycles. The van der Waals surface area contributed by atoms with Crippen molar-refractivity contribution in [3.63, 3.8) is 0 Å². The molecule has 150 valence electrons. The number of nitrogens with zero attached hydrogens (tertiary/aromatic N) is 1. The van der Waals surface area contributed by atoms with Crippen molar-refractivity contribution in [3.05, 3.63) is 59.1 Å². The first kappa shape index (κ1) is 21.7. The van der Waals surface area contributed by atoms with E-state index in [2.05, 4.69) is 10.6 Å². The SMILES string of the molecule is CCN(CC(=O)Nc1cccc(OC)c1)CC(=O)NC(C)c1ccccc1Cl. The molecule has 2 aromatic carbocycles. The molecule has 2 rings (SSSR count). The van der Waals surface area contributed by atoms with Crippen molar-refractivity contribution >= 4 is 29.1 Å². The van der Waals surface area contributed by atoms with E-state index in [1.807, 2.05) is 32.0 Å². The summed E-state index contributed by atoms with van der Waals surface area (Å²) in [6.45, 7) is 4.59. The van der Waals surface area contributed by atoms with Crippen molar-refractivity contribution in [3.8, 4) is 5.75 Å². The van der Waals surface area contributed by atoms with Gasteiger partial charge in [0.2, 0.25) is 11.8 Å². The summed E-state index contributed by atoms with van der Waals surface area (Å²) < 4.78 is 5.15. The van der Waals surface area contributed by atoms with E-state index in [0.29, 0.717) is 23.0 Å². The molecule has 1 unspecified atom stereocenters. The van der Waals surface area contributed by atoms with Crippen LogP contribution in [0, 0.1) is 0 Å². The normalized spacial score (nSPS) is 11.8. The summed E-state index contributed by atoms with van der Waals surface area (Å²) in [6, 6.07) is 14.3. The standard InChI is InChI=1S/C21H26ClN3O3/c1-4-25(14-21(27)24-16-8-7-9-17(12-16)28-3)13-20(26)23-15(2)18-10-5-6-11-19(18)22/h5-12,15H,4,13-14H2,1-3H3,(H,23,26)(H,24,27). The Morgan fingerprint density at radius 2 is 1.82 bits per heavy atom. The van der Waals surface area contributed by atoms with Crippen LogP contribution in [0.1, 0.15) is 25.5 Å². The average molecular weight is 404 g/mol. The fourth-order valence-electron chi connectivity index (χ4n) is 2.78. The minimum Gasteiger partial charge on any atom is -0.497 e. The third-order valence-electron chi connectivity index (χ3n) is 4.28. The summed E-state index contributed by atoms with van der Waals surface area (Å²) in [4.78, 5) is 26.5. The molecule has 0 saturated carbocycles. The van der Waals surface area contributed by atoms with Gasteiger partial charge in [0.15, 0.2) is 0 Å². The maximum atomic E-state index is 12.4. The molecule has 0 fully saturated rings. The molecule has 7 heteroatoms. The Bertz CT molecular complexity index is 813. The summed E-state index contributed by atoms with van der Waals surface area (Å²) in [5.41, 5.74) is 1.51. The van der Waals surface area contributed by atoms with Crippen molar-refractivity contribution in [1.82, 2.24) is 10.2 Å². The molecule has 0 saturated heterocycles. The second kappa shape index (κ2) is 10.7. The quantitative estimate of drug-likeness (QED) is 0.672. The largest absolute Gasteiger partial charge is 0.497 e. The highest BCUT2D eigenvalue weighted by Gasteiger charge is 2.16. The molecule has 0 radical (unpaired) electrons. The van der Waals surface area contributed by atoms with E-state index >= 15 is 0 Å². The van der Waals surface area contributed by atoms with Crippen molar-refractivity contribution < 1.29 is 14.3 Å². The Balaban J connectivity index is 1.87. The van der Waals surface area contributed by atoms with Gasteiger partial charge in [0.05, 0.1) is 26.2 Å². The predicted octanol–water partition coefficient (Wildman–Crippen LogP) is 3.49. The van der Waals surface area contributed by atoms with Crippen LogP contribution in [-0.2, 0) is 9.59 Å². The highest BCUT2D eigenvalue weighted by atomic mass is 35.5. The smallest absolute Gasteiger partial charge is 0.238 e. The number of amides is 2. The van der Waals surface area contributed by atoms with Crippen LogP contribution in [0.5, 0.6) is 5.75 Å². The van der Waals surface area contributed by atoms with Crippen LogP contribution in [-0.4, -0.2) is 43.5 Å². The van der Waals surface area contributed by atoms with Gasteiger partial charge in [-0.1, -0.05) is 42.8 Å². The van der Waals surface area contributed by atoms with E-state index < -0.39 is 0 Å². The van der Waals surface area contributed by atoms with Crippen LogP contribution in [0.3, 0.4) is 0 Å². The Hall–Kier alpha value is -2.57. The number of anilines is 1. The van der Waals surface area contributed by atoms with Crippen LogP contribution in [0.4, 0.5) is 5.69 Å². The number of carbonyl (C=O) groups excluding carboxylic acids is 2. The fraction of sp³-hybridized carbons (Fsp3) is 0.333. The van der Waals surface area contributed by atoms with Gasteiger partial charge in [-0.2, -0.15) is 0 Å². The number of methoxy groups -OCH3 is 1. The highest BCUT2D eigenvalue weighted by molar-refractivity contribution is 6.31. The van der Waals surface area contributed by atoms with Crippen LogP contribution >= 0.6 is 11.6 Å². The van der Waals surface area contributed by atoms with Crippen molar-refractivity contribution in [2.75, 3.05) is 32.1 Å². The maximum absolute atomic E-state index is 12.4. The number of rotatable bonds is 9. The lowest BCUT2D eigenvalue weighted by atomic mass is 10.1. The van der Waals surface area contributed by atoms with Gasteiger partial charge in [0.25, 0.3) is 0 Å². The molecule has 0 aliphatic carbocycles. The van der Waals surface area contributed by atoms with E-state index in [1.54, 1.807) is 42.3 Å². The number of nitrogens with one attached hydrogen (secondary N) is 2. The van der Waals surface area contributed by atoms with Crippen molar-refractivity contribution in [2.45, 2.75) is 19.9 Å². The lowest BCUT2D eigenvalue weighted by Gasteiger charge is -2.21. The summed E-state index contributed by atoms with van der Waals surface area (Å²) in [5, 5.41) is 6.36. The van der Waals surface area contributed by atoms with Crippen LogP contribution in [0.25, 0.3) is 0 Å². The Kier molecular flexibility index (Phi) is 8.29. The van der Waals surface area contributed by atoms with Gasteiger partial charge in [-0.15, -0.1) is 0 Å². The lowest BCUT2D eigenvalue weighted by Crippen LogP contribution is -2.41. The lowest BCUT2D eigenvalue weighted by molar-refractivity contribution is -0.123. The molecular weight excluding hydrogens is 378 g/mol. The summed E-state index contributed by atoms with van der Waals surface area (Å²) in [6.07, 6.45) is 0. The van der Waals surface area contributed by atoms with Crippen LogP contribution < -0.4 is 15.4 Å². The summed E-state index contributed by atoms with van der Waals surface area (Å²) in [5.74, 6) is 0.309. The predicted molar refractivity (Wildman–Crippen MR) is 112 cm³/mol. The van der Waals surface area contributed by atoms with E-state index in [-0.39, 0.29) is 30.9 Å². The van der Waals surface area contributed by atoms with Gasteiger partial charge in [0, 0.05) is 16.8 Å². The summed E-state index contributed by atoms with van der Waals surface area (Å²) >= 11 is 6.18. The Morgan fingerprint density at radius 3 is 2.50 bits per heavy atom. The van der Waals surface area contributed by atoms with E-state index in [9.17, 15) is 9.59 Å². The number of halogens is 1. The van der Waals surface area contributed by atoms with Gasteiger partial charge < -0.3 is 15.4 Å². The topological polar surface area (TPSA) is 70.7 Å². The molecule has 1 atom stereocenters. The Labute approximate surface area is 170 Å². The first-order valence-electron chi connectivity index (χ1n) is 9.13. The van der Waals surface area contributed by atoms with Gasteiger partial charge in [0.1, 0.15) is 5.75 Å². The van der Waals surface area contributed by atoms with Gasteiger partial charge in [-0.25, -0.2) is 0 Å².